The number of aliphatic hydroxyl groups is 1. The zero-order chi connectivity index (χ0) is 12.0. The van der Waals surface area contributed by atoms with Gasteiger partial charge in [-0.15, -0.1) is 0 Å². The molecule has 0 aliphatic heterocycles. The normalized spacial score (nSPS) is 15.1. The summed E-state index contributed by atoms with van der Waals surface area (Å²) in [5.74, 6) is 0.242. The average molecular weight is 229 g/mol. The van der Waals surface area contributed by atoms with Gasteiger partial charge in [0.15, 0.2) is 0 Å². The lowest BCUT2D eigenvalue weighted by Crippen LogP contribution is -2.33. The van der Waals surface area contributed by atoms with Gasteiger partial charge in [0.2, 0.25) is 0 Å². The minimum absolute atomic E-state index is 0.0746. The zero-order valence-corrected chi connectivity index (χ0v) is 9.24. The van der Waals surface area contributed by atoms with Gasteiger partial charge < -0.3 is 10.4 Å². The van der Waals surface area contributed by atoms with Crippen LogP contribution in [-0.4, -0.2) is 30.7 Å². The summed E-state index contributed by atoms with van der Waals surface area (Å²) in [5.41, 5.74) is 1.15. The summed E-state index contributed by atoms with van der Waals surface area (Å²) in [7, 11) is 0. The van der Waals surface area contributed by atoms with Gasteiger partial charge in [-0.05, 0) is 11.5 Å². The molecule has 0 saturated heterocycles. The molecule has 2 nitrogen and oxygen atoms in total. The molecule has 0 bridgehead atoms. The van der Waals surface area contributed by atoms with Crippen LogP contribution in [0.3, 0.4) is 0 Å². The first-order valence-corrected chi connectivity index (χ1v) is 5.33. The summed E-state index contributed by atoms with van der Waals surface area (Å²) >= 11 is 0. The van der Waals surface area contributed by atoms with Gasteiger partial charge in [0.05, 0.1) is 0 Å². The van der Waals surface area contributed by atoms with Crippen LogP contribution in [0.15, 0.2) is 30.3 Å². The monoisotopic (exact) mass is 229 g/mol. The maximum atomic E-state index is 12.0. The first-order chi connectivity index (χ1) is 7.61. The van der Waals surface area contributed by atoms with Crippen molar-refractivity contribution in [3.05, 3.63) is 35.9 Å². The molecule has 0 amide bonds. The molecular weight excluding hydrogens is 212 g/mol. The maximum Gasteiger partial charge on any atom is 0.265 e. The molecule has 2 N–H and O–H groups in total. The maximum absolute atomic E-state index is 12.0. The van der Waals surface area contributed by atoms with Crippen molar-refractivity contribution in [1.29, 1.82) is 0 Å². The minimum atomic E-state index is -2.68. The summed E-state index contributed by atoms with van der Waals surface area (Å²) in [6.07, 6.45) is -4.26. The van der Waals surface area contributed by atoms with Gasteiger partial charge in [-0.3, -0.25) is 0 Å². The fraction of sp³-hybridized carbons (Fsp3) is 0.500. The Morgan fingerprint density at radius 2 is 1.81 bits per heavy atom. The van der Waals surface area contributed by atoms with Crippen LogP contribution in [0.4, 0.5) is 8.78 Å². The van der Waals surface area contributed by atoms with E-state index in [0.717, 1.165) is 5.56 Å². The third kappa shape index (κ3) is 4.24. The average Bonchev–Trinajstić information content (AvgIpc) is 2.29. The molecule has 0 spiro atoms. The van der Waals surface area contributed by atoms with Gasteiger partial charge in [-0.25, -0.2) is 8.78 Å². The Labute approximate surface area is 94.3 Å². The Hall–Kier alpha value is -1.00. The van der Waals surface area contributed by atoms with Crippen molar-refractivity contribution >= 4 is 0 Å². The van der Waals surface area contributed by atoms with Gasteiger partial charge in [0, 0.05) is 13.1 Å². The van der Waals surface area contributed by atoms with Crippen molar-refractivity contribution in [3.63, 3.8) is 0 Å². The third-order valence-corrected chi connectivity index (χ3v) is 2.46. The highest BCUT2D eigenvalue weighted by Crippen LogP contribution is 2.13. The van der Waals surface area contributed by atoms with Gasteiger partial charge in [0.1, 0.15) is 6.10 Å². The van der Waals surface area contributed by atoms with E-state index in [-0.39, 0.29) is 12.5 Å². The Morgan fingerprint density at radius 1 is 1.19 bits per heavy atom. The number of nitrogens with one attached hydrogen (secondary N) is 1. The number of alkyl halides is 2. The first-order valence-electron chi connectivity index (χ1n) is 5.33. The van der Waals surface area contributed by atoms with Crippen LogP contribution in [-0.2, 0) is 0 Å². The number of aliphatic hydroxyl groups excluding tert-OH is 1. The number of halogens is 2. The van der Waals surface area contributed by atoms with E-state index < -0.39 is 12.5 Å². The van der Waals surface area contributed by atoms with Crippen LogP contribution in [0.5, 0.6) is 0 Å². The van der Waals surface area contributed by atoms with Crippen molar-refractivity contribution in [3.8, 4) is 0 Å². The molecule has 0 fully saturated rings. The Balaban J connectivity index is 2.28. The molecule has 0 saturated carbocycles. The van der Waals surface area contributed by atoms with Crippen molar-refractivity contribution < 1.29 is 13.9 Å². The molecule has 2 unspecified atom stereocenters. The number of rotatable bonds is 6. The minimum Gasteiger partial charge on any atom is -0.386 e. The molecule has 1 aromatic carbocycles. The van der Waals surface area contributed by atoms with E-state index in [9.17, 15) is 8.78 Å². The quantitative estimate of drug-likeness (QED) is 0.782. The summed E-state index contributed by atoms with van der Waals surface area (Å²) < 4.78 is 24.0. The smallest absolute Gasteiger partial charge is 0.265 e. The van der Waals surface area contributed by atoms with E-state index >= 15 is 0 Å². The predicted molar refractivity (Wildman–Crippen MR) is 59.7 cm³/mol. The molecule has 4 heteroatoms. The van der Waals surface area contributed by atoms with Gasteiger partial charge in [-0.1, -0.05) is 37.3 Å². The molecular formula is C12H17F2NO. The molecule has 2 atom stereocenters. The molecule has 0 radical (unpaired) electrons. The van der Waals surface area contributed by atoms with Crippen LogP contribution < -0.4 is 5.32 Å². The number of hydrogen-bond acceptors (Lipinski definition) is 2. The van der Waals surface area contributed by atoms with Crippen LogP contribution in [0, 0.1) is 0 Å². The summed E-state index contributed by atoms with van der Waals surface area (Å²) in [4.78, 5) is 0. The SMILES string of the molecule is CC(CNCC(O)C(F)F)c1ccccc1. The molecule has 0 aliphatic carbocycles. The van der Waals surface area contributed by atoms with Crippen LogP contribution in [0.2, 0.25) is 0 Å². The molecule has 1 aromatic rings. The van der Waals surface area contributed by atoms with Crippen molar-refractivity contribution in [2.24, 2.45) is 0 Å². The fourth-order valence-corrected chi connectivity index (χ4v) is 1.44. The van der Waals surface area contributed by atoms with Crippen molar-refractivity contribution in [1.82, 2.24) is 5.32 Å². The summed E-state index contributed by atoms with van der Waals surface area (Å²) in [5, 5.41) is 11.7. The van der Waals surface area contributed by atoms with E-state index in [4.69, 9.17) is 5.11 Å². The number of benzene rings is 1. The lowest BCUT2D eigenvalue weighted by atomic mass is 10.0. The summed E-state index contributed by atoms with van der Waals surface area (Å²) in [6, 6.07) is 9.82. The van der Waals surface area contributed by atoms with E-state index in [1.807, 2.05) is 37.3 Å². The molecule has 90 valence electrons. The van der Waals surface area contributed by atoms with Crippen molar-refractivity contribution in [2.45, 2.75) is 25.4 Å². The zero-order valence-electron chi connectivity index (χ0n) is 9.24. The van der Waals surface area contributed by atoms with Gasteiger partial charge in [-0.2, -0.15) is 0 Å². The van der Waals surface area contributed by atoms with Crippen LogP contribution >= 0.6 is 0 Å². The second-order valence-electron chi connectivity index (χ2n) is 3.87. The highest BCUT2D eigenvalue weighted by atomic mass is 19.3. The van der Waals surface area contributed by atoms with E-state index in [2.05, 4.69) is 5.32 Å². The Kier molecular flexibility index (Phi) is 5.35. The molecule has 16 heavy (non-hydrogen) atoms. The van der Waals surface area contributed by atoms with E-state index in [1.165, 1.54) is 0 Å². The van der Waals surface area contributed by atoms with Gasteiger partial charge in [0.25, 0.3) is 6.43 Å². The summed E-state index contributed by atoms with van der Waals surface area (Å²) in [6.45, 7) is 2.51. The lowest BCUT2D eigenvalue weighted by molar-refractivity contribution is -0.00327. The topological polar surface area (TPSA) is 32.3 Å². The highest BCUT2D eigenvalue weighted by molar-refractivity contribution is 5.18. The first kappa shape index (κ1) is 13.1. The van der Waals surface area contributed by atoms with E-state index in [0.29, 0.717) is 6.54 Å². The highest BCUT2D eigenvalue weighted by Gasteiger charge is 2.16. The Bertz CT molecular complexity index is 292. The van der Waals surface area contributed by atoms with Crippen molar-refractivity contribution in [2.75, 3.05) is 13.1 Å². The van der Waals surface area contributed by atoms with E-state index in [1.54, 1.807) is 0 Å². The fourth-order valence-electron chi connectivity index (χ4n) is 1.44. The van der Waals surface area contributed by atoms with Crippen LogP contribution in [0.1, 0.15) is 18.4 Å². The van der Waals surface area contributed by atoms with Crippen LogP contribution in [0.25, 0.3) is 0 Å². The molecule has 0 aromatic heterocycles. The molecule has 0 heterocycles. The predicted octanol–water partition coefficient (Wildman–Crippen LogP) is 2.01. The third-order valence-electron chi connectivity index (χ3n) is 2.46. The molecule has 1 rings (SSSR count). The van der Waals surface area contributed by atoms with Gasteiger partial charge >= 0.3 is 0 Å². The second kappa shape index (κ2) is 6.55. The standard InChI is InChI=1S/C12H17F2NO/c1-9(10-5-3-2-4-6-10)7-15-8-11(16)12(13)14/h2-6,9,11-12,15-16H,7-8H2,1H3. The lowest BCUT2D eigenvalue weighted by Gasteiger charge is -2.15. The largest absolute Gasteiger partial charge is 0.386 e. The molecule has 0 aliphatic rings. The second-order valence-corrected chi connectivity index (χ2v) is 3.87. The Morgan fingerprint density at radius 3 is 2.38 bits per heavy atom. The number of hydrogen-bond donors (Lipinski definition) is 2.